The summed E-state index contributed by atoms with van der Waals surface area (Å²) in [5.74, 6) is -0.0223. The van der Waals surface area contributed by atoms with E-state index in [1.807, 2.05) is 36.1 Å². The molecule has 1 aliphatic heterocycles. The number of carbonyl (C=O) groups excluding carboxylic acids is 1. The standard InChI is InChI=1S/C15H22N2O2/c1-3-12-5-4-6-13(9-12)16-14(18)10-17-8-7-15(2,19)11-17/h4-6,9,19H,3,7-8,10-11H2,1-2H3,(H,16,18). The predicted octanol–water partition coefficient (Wildman–Crippen LogP) is 1.64. The minimum absolute atomic E-state index is 0.0223. The van der Waals surface area contributed by atoms with Crippen LogP contribution in [0.1, 0.15) is 25.8 Å². The lowest BCUT2D eigenvalue weighted by molar-refractivity contribution is -0.117. The molecule has 1 aliphatic rings. The van der Waals surface area contributed by atoms with Crippen molar-refractivity contribution in [1.29, 1.82) is 0 Å². The maximum Gasteiger partial charge on any atom is 0.238 e. The van der Waals surface area contributed by atoms with Crippen LogP contribution in [0.2, 0.25) is 0 Å². The third-order valence-electron chi connectivity index (χ3n) is 3.52. The van der Waals surface area contributed by atoms with E-state index in [9.17, 15) is 9.90 Å². The molecule has 0 aliphatic carbocycles. The van der Waals surface area contributed by atoms with E-state index >= 15 is 0 Å². The summed E-state index contributed by atoms with van der Waals surface area (Å²) in [6, 6.07) is 7.90. The van der Waals surface area contributed by atoms with Crippen molar-refractivity contribution in [3.63, 3.8) is 0 Å². The van der Waals surface area contributed by atoms with Gasteiger partial charge in [0.2, 0.25) is 5.91 Å². The molecule has 1 aromatic carbocycles. The Hall–Kier alpha value is -1.39. The molecule has 1 saturated heterocycles. The quantitative estimate of drug-likeness (QED) is 0.867. The fourth-order valence-corrected chi connectivity index (χ4v) is 2.45. The fraction of sp³-hybridized carbons (Fsp3) is 0.533. The Balaban J connectivity index is 1.87. The Morgan fingerprint density at radius 2 is 2.32 bits per heavy atom. The summed E-state index contributed by atoms with van der Waals surface area (Å²) in [6.45, 7) is 5.58. The smallest absolute Gasteiger partial charge is 0.238 e. The molecule has 1 aromatic rings. The number of likely N-dealkylation sites (tertiary alicyclic amines) is 1. The van der Waals surface area contributed by atoms with Gasteiger partial charge >= 0.3 is 0 Å². The zero-order valence-corrected chi connectivity index (χ0v) is 11.6. The van der Waals surface area contributed by atoms with Crippen molar-refractivity contribution in [2.24, 2.45) is 0 Å². The third-order valence-corrected chi connectivity index (χ3v) is 3.52. The van der Waals surface area contributed by atoms with Gasteiger partial charge in [-0.15, -0.1) is 0 Å². The van der Waals surface area contributed by atoms with Crippen LogP contribution in [0.25, 0.3) is 0 Å². The molecule has 0 aromatic heterocycles. The van der Waals surface area contributed by atoms with Crippen LogP contribution in [0, 0.1) is 0 Å². The molecule has 1 amide bonds. The molecule has 4 heteroatoms. The maximum absolute atomic E-state index is 11.9. The summed E-state index contributed by atoms with van der Waals surface area (Å²) in [7, 11) is 0. The first-order chi connectivity index (χ1) is 8.98. The summed E-state index contributed by atoms with van der Waals surface area (Å²) in [5.41, 5.74) is 1.40. The number of β-amino-alcohol motifs (C(OH)–C–C–N with tert-alkyl or cyclic N) is 1. The molecule has 0 bridgehead atoms. The Morgan fingerprint density at radius 3 is 2.95 bits per heavy atom. The van der Waals surface area contributed by atoms with Crippen LogP contribution in [0.5, 0.6) is 0 Å². The van der Waals surface area contributed by atoms with Gasteiger partial charge in [0.15, 0.2) is 0 Å². The topological polar surface area (TPSA) is 52.6 Å². The number of carbonyl (C=O) groups is 1. The van der Waals surface area contributed by atoms with Gasteiger partial charge in [-0.1, -0.05) is 19.1 Å². The van der Waals surface area contributed by atoms with Gasteiger partial charge in [0.25, 0.3) is 0 Å². The fourth-order valence-electron chi connectivity index (χ4n) is 2.45. The highest BCUT2D eigenvalue weighted by Gasteiger charge is 2.31. The third kappa shape index (κ3) is 4.04. The van der Waals surface area contributed by atoms with Gasteiger partial charge in [0.1, 0.15) is 0 Å². The summed E-state index contributed by atoms with van der Waals surface area (Å²) >= 11 is 0. The van der Waals surface area contributed by atoms with Gasteiger partial charge in [-0.3, -0.25) is 9.69 Å². The second kappa shape index (κ2) is 5.72. The number of aryl methyl sites for hydroxylation is 1. The van der Waals surface area contributed by atoms with Crippen LogP contribution in [0.3, 0.4) is 0 Å². The average Bonchev–Trinajstić information content (AvgIpc) is 2.68. The van der Waals surface area contributed by atoms with Crippen molar-refractivity contribution >= 4 is 11.6 Å². The first-order valence-electron chi connectivity index (χ1n) is 6.82. The van der Waals surface area contributed by atoms with Gasteiger partial charge in [-0.2, -0.15) is 0 Å². The largest absolute Gasteiger partial charge is 0.389 e. The number of nitrogens with zero attached hydrogens (tertiary/aromatic N) is 1. The minimum Gasteiger partial charge on any atom is -0.389 e. The number of anilines is 1. The molecule has 1 atom stereocenters. The molecule has 2 rings (SSSR count). The summed E-state index contributed by atoms with van der Waals surface area (Å²) in [5, 5.41) is 12.8. The summed E-state index contributed by atoms with van der Waals surface area (Å²) in [6.07, 6.45) is 1.68. The average molecular weight is 262 g/mol. The second-order valence-corrected chi connectivity index (χ2v) is 5.56. The minimum atomic E-state index is -0.650. The number of nitrogens with one attached hydrogen (secondary N) is 1. The summed E-state index contributed by atoms with van der Waals surface area (Å²) < 4.78 is 0. The predicted molar refractivity (Wildman–Crippen MR) is 76.1 cm³/mol. The van der Waals surface area contributed by atoms with Crippen LogP contribution < -0.4 is 5.32 Å². The molecule has 4 nitrogen and oxygen atoms in total. The van der Waals surface area contributed by atoms with Gasteiger partial charge in [-0.25, -0.2) is 0 Å². The zero-order valence-electron chi connectivity index (χ0n) is 11.6. The van der Waals surface area contributed by atoms with E-state index in [0.717, 1.165) is 25.1 Å². The van der Waals surface area contributed by atoms with Crippen LogP contribution in [-0.4, -0.2) is 41.1 Å². The Morgan fingerprint density at radius 1 is 1.53 bits per heavy atom. The molecule has 1 unspecified atom stereocenters. The molecular weight excluding hydrogens is 240 g/mol. The van der Waals surface area contributed by atoms with E-state index in [1.54, 1.807) is 0 Å². The van der Waals surface area contributed by atoms with Gasteiger partial charge in [0.05, 0.1) is 12.1 Å². The van der Waals surface area contributed by atoms with E-state index in [2.05, 4.69) is 12.2 Å². The molecular formula is C15H22N2O2. The van der Waals surface area contributed by atoms with Crippen LogP contribution in [-0.2, 0) is 11.2 Å². The SMILES string of the molecule is CCc1cccc(NC(=O)CN2CCC(C)(O)C2)c1. The van der Waals surface area contributed by atoms with E-state index in [-0.39, 0.29) is 5.91 Å². The van der Waals surface area contributed by atoms with E-state index in [4.69, 9.17) is 0 Å². The highest BCUT2D eigenvalue weighted by Crippen LogP contribution is 2.20. The first-order valence-corrected chi connectivity index (χ1v) is 6.82. The molecule has 1 heterocycles. The monoisotopic (exact) mass is 262 g/mol. The molecule has 1 fully saturated rings. The molecule has 0 saturated carbocycles. The maximum atomic E-state index is 11.9. The van der Waals surface area contributed by atoms with Crippen molar-refractivity contribution in [3.05, 3.63) is 29.8 Å². The van der Waals surface area contributed by atoms with Crippen molar-refractivity contribution in [2.45, 2.75) is 32.3 Å². The highest BCUT2D eigenvalue weighted by atomic mass is 16.3. The molecule has 2 N–H and O–H groups in total. The van der Waals surface area contributed by atoms with Crippen LogP contribution in [0.15, 0.2) is 24.3 Å². The van der Waals surface area contributed by atoms with E-state index in [0.29, 0.717) is 13.1 Å². The van der Waals surface area contributed by atoms with Crippen molar-refractivity contribution in [3.8, 4) is 0 Å². The Bertz CT molecular complexity index is 457. The molecule has 104 valence electrons. The second-order valence-electron chi connectivity index (χ2n) is 5.56. The number of amides is 1. The van der Waals surface area contributed by atoms with E-state index in [1.165, 1.54) is 5.56 Å². The first kappa shape index (κ1) is 14.0. The number of hydrogen-bond donors (Lipinski definition) is 2. The van der Waals surface area contributed by atoms with E-state index < -0.39 is 5.60 Å². The van der Waals surface area contributed by atoms with Gasteiger partial charge < -0.3 is 10.4 Å². The molecule has 0 radical (unpaired) electrons. The lowest BCUT2D eigenvalue weighted by Crippen LogP contribution is -2.35. The number of aliphatic hydroxyl groups is 1. The molecule has 19 heavy (non-hydrogen) atoms. The highest BCUT2D eigenvalue weighted by molar-refractivity contribution is 5.92. The number of hydrogen-bond acceptors (Lipinski definition) is 3. The van der Waals surface area contributed by atoms with Crippen molar-refractivity contribution in [2.75, 3.05) is 25.0 Å². The zero-order chi connectivity index (χ0) is 13.9. The lowest BCUT2D eigenvalue weighted by atomic mass is 10.1. The van der Waals surface area contributed by atoms with Gasteiger partial charge in [-0.05, 0) is 37.5 Å². The van der Waals surface area contributed by atoms with Crippen molar-refractivity contribution < 1.29 is 9.90 Å². The lowest BCUT2D eigenvalue weighted by Gasteiger charge is -2.18. The number of rotatable bonds is 4. The Labute approximate surface area is 114 Å². The van der Waals surface area contributed by atoms with Crippen LogP contribution >= 0.6 is 0 Å². The number of benzene rings is 1. The molecule has 0 spiro atoms. The van der Waals surface area contributed by atoms with Gasteiger partial charge in [0, 0.05) is 18.8 Å². The normalized spacial score (nSPS) is 23.5. The summed E-state index contributed by atoms with van der Waals surface area (Å²) in [4.78, 5) is 13.9. The Kier molecular flexibility index (Phi) is 4.22. The van der Waals surface area contributed by atoms with Crippen molar-refractivity contribution in [1.82, 2.24) is 4.90 Å². The van der Waals surface area contributed by atoms with Crippen LogP contribution in [0.4, 0.5) is 5.69 Å².